The monoisotopic (exact) mass is 230 g/mol. The second-order valence-corrected chi connectivity index (χ2v) is 4.10. The molecule has 1 heterocycles. The lowest BCUT2D eigenvalue weighted by Gasteiger charge is -2.06. The van der Waals surface area contributed by atoms with Crippen LogP contribution in [0, 0.1) is 23.5 Å². The number of nitrogens with one attached hydrogen (secondary N) is 1. The first-order valence-corrected chi connectivity index (χ1v) is 5.42. The van der Waals surface area contributed by atoms with Crippen molar-refractivity contribution in [3.05, 3.63) is 23.6 Å². The average Bonchev–Trinajstić information content (AvgIpc) is 3.04. The highest BCUT2D eigenvalue weighted by atomic mass is 19.2. The van der Waals surface area contributed by atoms with E-state index in [-0.39, 0.29) is 5.82 Å². The Labute approximate surface area is 91.9 Å². The molecule has 1 fully saturated rings. The van der Waals surface area contributed by atoms with E-state index >= 15 is 0 Å². The average molecular weight is 230 g/mol. The van der Waals surface area contributed by atoms with Crippen molar-refractivity contribution in [2.45, 2.75) is 25.7 Å². The van der Waals surface area contributed by atoms with Crippen LogP contribution in [0.3, 0.4) is 0 Å². The van der Waals surface area contributed by atoms with E-state index in [4.69, 9.17) is 0 Å². The third-order valence-corrected chi connectivity index (χ3v) is 2.67. The Bertz CT molecular complexity index is 378. The van der Waals surface area contributed by atoms with Crippen LogP contribution in [-0.2, 0) is 0 Å². The lowest BCUT2D eigenvalue weighted by molar-refractivity contribution is 0.466. The van der Waals surface area contributed by atoms with Gasteiger partial charge in [0.2, 0.25) is 0 Å². The Morgan fingerprint density at radius 3 is 2.69 bits per heavy atom. The fourth-order valence-corrected chi connectivity index (χ4v) is 1.57. The van der Waals surface area contributed by atoms with E-state index in [9.17, 15) is 13.2 Å². The molecule has 0 bridgehead atoms. The van der Waals surface area contributed by atoms with Crippen LogP contribution in [0.15, 0.2) is 6.07 Å². The predicted molar refractivity (Wildman–Crippen MR) is 54.6 cm³/mol. The molecule has 1 N–H and O–H groups in total. The third-order valence-electron chi connectivity index (χ3n) is 2.67. The summed E-state index contributed by atoms with van der Waals surface area (Å²) in [5.41, 5.74) is 0. The molecular formula is C11H13F3N2. The van der Waals surface area contributed by atoms with Gasteiger partial charge in [-0.05, 0) is 18.8 Å². The Morgan fingerprint density at radius 1 is 1.25 bits per heavy atom. The summed E-state index contributed by atoms with van der Waals surface area (Å²) in [5.74, 6) is -2.79. The maximum atomic E-state index is 13.1. The molecule has 2 nitrogen and oxygen atoms in total. The fraction of sp³-hybridized carbons (Fsp3) is 0.545. The maximum Gasteiger partial charge on any atom is 0.251 e. The number of halogens is 3. The zero-order valence-electron chi connectivity index (χ0n) is 8.77. The summed E-state index contributed by atoms with van der Waals surface area (Å²) >= 11 is 0. The summed E-state index contributed by atoms with van der Waals surface area (Å²) < 4.78 is 38.4. The van der Waals surface area contributed by atoms with Crippen molar-refractivity contribution >= 4 is 5.82 Å². The van der Waals surface area contributed by atoms with Gasteiger partial charge < -0.3 is 5.32 Å². The van der Waals surface area contributed by atoms with Crippen LogP contribution in [-0.4, -0.2) is 11.5 Å². The van der Waals surface area contributed by atoms with Crippen molar-refractivity contribution in [2.24, 2.45) is 5.92 Å². The minimum atomic E-state index is -1.27. The van der Waals surface area contributed by atoms with Gasteiger partial charge in [-0.25, -0.2) is 8.78 Å². The highest BCUT2D eigenvalue weighted by Gasteiger charge is 2.20. The lowest BCUT2D eigenvalue weighted by atomic mass is 10.2. The molecule has 88 valence electrons. The van der Waals surface area contributed by atoms with Crippen molar-refractivity contribution < 1.29 is 13.2 Å². The Kier molecular flexibility index (Phi) is 3.31. The summed E-state index contributed by atoms with van der Waals surface area (Å²) in [7, 11) is 0. The van der Waals surface area contributed by atoms with E-state index in [1.807, 2.05) is 0 Å². The molecule has 1 aromatic heterocycles. The van der Waals surface area contributed by atoms with Gasteiger partial charge in [-0.15, -0.1) is 0 Å². The number of rotatable bonds is 5. The lowest BCUT2D eigenvalue weighted by Crippen LogP contribution is -2.07. The summed E-state index contributed by atoms with van der Waals surface area (Å²) in [6.45, 7) is 0.533. The van der Waals surface area contributed by atoms with Crippen LogP contribution >= 0.6 is 0 Å². The van der Waals surface area contributed by atoms with Crippen LogP contribution in [0.5, 0.6) is 0 Å². The smallest absolute Gasteiger partial charge is 0.251 e. The molecule has 16 heavy (non-hydrogen) atoms. The van der Waals surface area contributed by atoms with Crippen LogP contribution in [0.4, 0.5) is 19.0 Å². The number of aromatic nitrogens is 1. The predicted octanol–water partition coefficient (Wildman–Crippen LogP) is 3.10. The van der Waals surface area contributed by atoms with Crippen molar-refractivity contribution in [3.63, 3.8) is 0 Å². The van der Waals surface area contributed by atoms with Crippen LogP contribution in [0.1, 0.15) is 25.7 Å². The highest BCUT2D eigenvalue weighted by molar-refractivity contribution is 5.35. The first-order chi connectivity index (χ1) is 7.66. The van der Waals surface area contributed by atoms with E-state index in [0.29, 0.717) is 12.6 Å². The van der Waals surface area contributed by atoms with Gasteiger partial charge in [0.15, 0.2) is 17.5 Å². The summed E-state index contributed by atoms with van der Waals surface area (Å²) in [6.07, 6.45) is 4.54. The molecule has 1 aliphatic carbocycles. The molecule has 0 saturated heterocycles. The van der Waals surface area contributed by atoms with E-state index in [0.717, 1.165) is 18.8 Å². The second kappa shape index (κ2) is 4.72. The van der Waals surface area contributed by atoms with Crippen molar-refractivity contribution in [1.82, 2.24) is 4.98 Å². The van der Waals surface area contributed by atoms with Crippen LogP contribution in [0.2, 0.25) is 0 Å². The van der Waals surface area contributed by atoms with Gasteiger partial charge in [0, 0.05) is 12.6 Å². The molecule has 5 heteroatoms. The summed E-state index contributed by atoms with van der Waals surface area (Å²) in [4.78, 5) is 3.18. The van der Waals surface area contributed by atoms with E-state index in [1.165, 1.54) is 12.8 Å². The van der Waals surface area contributed by atoms with Crippen LogP contribution < -0.4 is 5.32 Å². The molecule has 1 saturated carbocycles. The molecule has 0 aliphatic heterocycles. The van der Waals surface area contributed by atoms with Crippen molar-refractivity contribution in [2.75, 3.05) is 11.9 Å². The van der Waals surface area contributed by atoms with Gasteiger partial charge in [-0.2, -0.15) is 9.37 Å². The van der Waals surface area contributed by atoms with Gasteiger partial charge in [0.25, 0.3) is 5.95 Å². The Balaban J connectivity index is 1.85. The van der Waals surface area contributed by atoms with Crippen LogP contribution in [0.25, 0.3) is 0 Å². The molecule has 0 atom stereocenters. The molecule has 0 unspecified atom stereocenters. The first-order valence-electron chi connectivity index (χ1n) is 5.42. The molecule has 0 aromatic carbocycles. The quantitative estimate of drug-likeness (QED) is 0.621. The second-order valence-electron chi connectivity index (χ2n) is 4.10. The molecule has 1 aromatic rings. The normalized spacial score (nSPS) is 15.2. The van der Waals surface area contributed by atoms with E-state index in [2.05, 4.69) is 10.3 Å². The van der Waals surface area contributed by atoms with Crippen molar-refractivity contribution in [1.29, 1.82) is 0 Å². The summed E-state index contributed by atoms with van der Waals surface area (Å²) in [5, 5.41) is 2.67. The Hall–Kier alpha value is -1.26. The minimum absolute atomic E-state index is 0.213. The first kappa shape index (κ1) is 11.2. The van der Waals surface area contributed by atoms with Gasteiger partial charge in [-0.1, -0.05) is 12.8 Å². The molecular weight excluding hydrogens is 217 g/mol. The van der Waals surface area contributed by atoms with Gasteiger partial charge in [0.05, 0.1) is 0 Å². The number of hydrogen-bond donors (Lipinski definition) is 1. The number of hydrogen-bond acceptors (Lipinski definition) is 2. The standard InChI is InChI=1S/C11H13F3N2/c12-8-6-9(13)11(16-10(8)14)15-5-1-2-7-3-4-7/h6-7H,1-5H2,(H,15,16). The largest absolute Gasteiger partial charge is 0.368 e. The minimum Gasteiger partial charge on any atom is -0.368 e. The number of nitrogens with zero attached hydrogens (tertiary/aromatic N) is 1. The molecule has 1 aliphatic rings. The zero-order chi connectivity index (χ0) is 11.5. The fourth-order valence-electron chi connectivity index (χ4n) is 1.57. The highest BCUT2D eigenvalue weighted by Crippen LogP contribution is 2.33. The van der Waals surface area contributed by atoms with E-state index in [1.54, 1.807) is 0 Å². The van der Waals surface area contributed by atoms with Gasteiger partial charge in [-0.3, -0.25) is 0 Å². The molecule has 2 rings (SSSR count). The Morgan fingerprint density at radius 2 is 2.00 bits per heavy atom. The van der Waals surface area contributed by atoms with Crippen molar-refractivity contribution in [3.8, 4) is 0 Å². The van der Waals surface area contributed by atoms with Gasteiger partial charge >= 0.3 is 0 Å². The summed E-state index contributed by atoms with van der Waals surface area (Å²) in [6, 6.07) is 0.506. The number of pyridine rings is 1. The third kappa shape index (κ3) is 2.87. The molecule has 0 amide bonds. The molecule has 0 radical (unpaired) electrons. The zero-order valence-corrected chi connectivity index (χ0v) is 8.77. The van der Waals surface area contributed by atoms with Gasteiger partial charge in [0.1, 0.15) is 0 Å². The maximum absolute atomic E-state index is 13.1. The van der Waals surface area contributed by atoms with E-state index < -0.39 is 17.6 Å². The topological polar surface area (TPSA) is 24.9 Å². The SMILES string of the molecule is Fc1cc(F)c(NCCCC2CC2)nc1F. The number of anilines is 1. The molecule has 0 spiro atoms.